The van der Waals surface area contributed by atoms with Gasteiger partial charge in [0.25, 0.3) is 0 Å². The van der Waals surface area contributed by atoms with Gasteiger partial charge in [0.1, 0.15) is 0 Å². The topological polar surface area (TPSA) is 42.1 Å². The van der Waals surface area contributed by atoms with Crippen molar-refractivity contribution >= 4 is 29.5 Å². The first-order valence-corrected chi connectivity index (χ1v) is 9.67. The molecule has 0 unspecified atom stereocenters. The molecule has 4 rings (SSSR count). The van der Waals surface area contributed by atoms with E-state index in [2.05, 4.69) is 26.9 Å². The van der Waals surface area contributed by atoms with Gasteiger partial charge in [0.05, 0.1) is 6.67 Å². The number of hydrogen-bond donors (Lipinski definition) is 0. The molecule has 0 N–H and O–H groups in total. The van der Waals surface area contributed by atoms with Gasteiger partial charge >= 0.3 is 0 Å². The first-order valence-electron chi connectivity index (χ1n) is 8.89. The van der Waals surface area contributed by atoms with Gasteiger partial charge in [-0.2, -0.15) is 5.10 Å². The van der Waals surface area contributed by atoms with Crippen molar-refractivity contribution in [3.63, 3.8) is 0 Å². The van der Waals surface area contributed by atoms with E-state index in [4.69, 9.17) is 28.9 Å². The van der Waals surface area contributed by atoms with E-state index in [9.17, 15) is 0 Å². The molecule has 1 aromatic carbocycles. The van der Waals surface area contributed by atoms with Crippen LogP contribution in [0.25, 0.3) is 11.4 Å². The lowest BCUT2D eigenvalue weighted by atomic mass is 10.2. The Balaban J connectivity index is 1.45. The van der Waals surface area contributed by atoms with E-state index in [-0.39, 0.29) is 0 Å². The van der Waals surface area contributed by atoms with Gasteiger partial charge in [0.2, 0.25) is 0 Å². The summed E-state index contributed by atoms with van der Waals surface area (Å²) in [6.45, 7) is 4.60. The normalized spacial score (nSPS) is 15.3. The van der Waals surface area contributed by atoms with Gasteiger partial charge < -0.3 is 9.47 Å². The number of aromatic nitrogens is 4. The molecule has 2 aromatic heterocycles. The van der Waals surface area contributed by atoms with Gasteiger partial charge in [0, 0.05) is 61.9 Å². The predicted octanol–water partition coefficient (Wildman–Crippen LogP) is 3.45. The molecule has 140 valence electrons. The van der Waals surface area contributed by atoms with Crippen LogP contribution in [0.5, 0.6) is 0 Å². The summed E-state index contributed by atoms with van der Waals surface area (Å²) in [5.41, 5.74) is 2.23. The van der Waals surface area contributed by atoms with Crippen molar-refractivity contribution in [1.29, 1.82) is 0 Å². The van der Waals surface area contributed by atoms with Crippen molar-refractivity contribution in [2.45, 2.75) is 6.67 Å². The molecule has 8 heteroatoms. The molecule has 0 spiro atoms. The number of pyridine rings is 1. The summed E-state index contributed by atoms with van der Waals surface area (Å²) in [5, 5.41) is 5.46. The fourth-order valence-electron chi connectivity index (χ4n) is 3.32. The SMILES string of the molecule is Cn1c(-c2ccc(Cl)cc2)nn(CN2CCN(c3ccncc3)CC2)c1=S. The van der Waals surface area contributed by atoms with Crippen molar-refractivity contribution in [3.8, 4) is 11.4 Å². The van der Waals surface area contributed by atoms with E-state index in [1.165, 1.54) is 5.69 Å². The second kappa shape index (κ2) is 7.80. The quantitative estimate of drug-likeness (QED) is 0.627. The van der Waals surface area contributed by atoms with Crippen LogP contribution >= 0.6 is 23.8 Å². The first kappa shape index (κ1) is 18.2. The van der Waals surface area contributed by atoms with Crippen LogP contribution in [0.3, 0.4) is 0 Å². The largest absolute Gasteiger partial charge is 0.369 e. The van der Waals surface area contributed by atoms with Crippen LogP contribution < -0.4 is 4.90 Å². The second-order valence-electron chi connectivity index (χ2n) is 6.62. The lowest BCUT2D eigenvalue weighted by Crippen LogP contribution is -2.47. The van der Waals surface area contributed by atoms with Crippen LogP contribution in [-0.4, -0.2) is 50.4 Å². The zero-order chi connectivity index (χ0) is 18.8. The Kier molecular flexibility index (Phi) is 5.24. The Hall–Kier alpha value is -2.22. The molecule has 3 aromatic rings. The summed E-state index contributed by atoms with van der Waals surface area (Å²) in [6, 6.07) is 11.8. The molecule has 0 atom stereocenters. The molecule has 6 nitrogen and oxygen atoms in total. The van der Waals surface area contributed by atoms with Crippen LogP contribution in [0.4, 0.5) is 5.69 Å². The smallest absolute Gasteiger partial charge is 0.199 e. The van der Waals surface area contributed by atoms with Gasteiger partial charge in [-0.15, -0.1) is 0 Å². The van der Waals surface area contributed by atoms with E-state index in [0.29, 0.717) is 11.7 Å². The number of halogens is 1. The molecular weight excluding hydrogens is 380 g/mol. The van der Waals surface area contributed by atoms with Gasteiger partial charge in [-0.25, -0.2) is 4.68 Å². The fourth-order valence-corrected chi connectivity index (χ4v) is 3.63. The molecule has 1 aliphatic heterocycles. The van der Waals surface area contributed by atoms with E-state index < -0.39 is 0 Å². The Bertz CT molecular complexity index is 958. The highest BCUT2D eigenvalue weighted by atomic mass is 35.5. The molecule has 0 radical (unpaired) electrons. The highest BCUT2D eigenvalue weighted by Crippen LogP contribution is 2.20. The predicted molar refractivity (Wildman–Crippen MR) is 111 cm³/mol. The van der Waals surface area contributed by atoms with Crippen molar-refractivity contribution in [1.82, 2.24) is 24.2 Å². The summed E-state index contributed by atoms with van der Waals surface area (Å²) in [4.78, 5) is 8.86. The molecule has 3 heterocycles. The Morgan fingerprint density at radius 2 is 1.67 bits per heavy atom. The molecule has 1 aliphatic rings. The zero-order valence-electron chi connectivity index (χ0n) is 15.1. The van der Waals surface area contributed by atoms with Crippen LogP contribution in [0, 0.1) is 4.77 Å². The van der Waals surface area contributed by atoms with E-state index in [1.807, 2.05) is 53.0 Å². The Labute approximate surface area is 168 Å². The fraction of sp³-hybridized carbons (Fsp3) is 0.316. The Morgan fingerprint density at radius 3 is 2.33 bits per heavy atom. The van der Waals surface area contributed by atoms with Gasteiger partial charge in [-0.05, 0) is 48.6 Å². The third-order valence-electron chi connectivity index (χ3n) is 4.88. The van der Waals surface area contributed by atoms with Gasteiger partial charge in [-0.3, -0.25) is 9.88 Å². The van der Waals surface area contributed by atoms with Crippen molar-refractivity contribution in [2.75, 3.05) is 31.1 Å². The van der Waals surface area contributed by atoms with Crippen molar-refractivity contribution in [3.05, 3.63) is 58.6 Å². The number of nitrogens with zero attached hydrogens (tertiary/aromatic N) is 6. The summed E-state index contributed by atoms with van der Waals surface area (Å²) in [6.07, 6.45) is 3.68. The van der Waals surface area contributed by atoms with Crippen LogP contribution in [0.15, 0.2) is 48.8 Å². The molecule has 27 heavy (non-hydrogen) atoms. The first-order chi connectivity index (χ1) is 13.1. The van der Waals surface area contributed by atoms with Crippen LogP contribution in [0.1, 0.15) is 0 Å². The molecular formula is C19H21ClN6S. The van der Waals surface area contributed by atoms with Crippen LogP contribution in [-0.2, 0) is 13.7 Å². The summed E-state index contributed by atoms with van der Waals surface area (Å²) < 4.78 is 4.57. The third-order valence-corrected chi connectivity index (χ3v) is 5.61. The number of benzene rings is 1. The maximum atomic E-state index is 5.99. The van der Waals surface area contributed by atoms with E-state index >= 15 is 0 Å². The molecule has 0 aliphatic carbocycles. The number of hydrogen-bond acceptors (Lipinski definition) is 5. The van der Waals surface area contributed by atoms with E-state index in [0.717, 1.165) is 42.3 Å². The standard InChI is InChI=1S/C19H21ClN6S/c1-23-18(15-2-4-16(20)5-3-15)22-26(19(23)27)14-24-10-12-25(13-11-24)17-6-8-21-9-7-17/h2-9H,10-14H2,1H3. The van der Waals surface area contributed by atoms with Crippen molar-refractivity contribution in [2.24, 2.45) is 7.05 Å². The average Bonchev–Trinajstić information content (AvgIpc) is 2.98. The molecule has 1 saturated heterocycles. The lowest BCUT2D eigenvalue weighted by molar-refractivity contribution is 0.194. The number of piperazine rings is 1. The van der Waals surface area contributed by atoms with E-state index in [1.54, 1.807) is 0 Å². The highest BCUT2D eigenvalue weighted by Gasteiger charge is 2.19. The molecule has 0 amide bonds. The maximum absolute atomic E-state index is 5.99. The summed E-state index contributed by atoms with van der Waals surface area (Å²) in [5.74, 6) is 0.854. The minimum atomic E-state index is 0.699. The molecule has 0 bridgehead atoms. The molecule has 0 saturated carbocycles. The van der Waals surface area contributed by atoms with Gasteiger partial charge in [0.15, 0.2) is 10.6 Å². The summed E-state index contributed by atoms with van der Waals surface area (Å²) in [7, 11) is 1.96. The monoisotopic (exact) mass is 400 g/mol. The maximum Gasteiger partial charge on any atom is 0.199 e. The third kappa shape index (κ3) is 3.90. The minimum Gasteiger partial charge on any atom is -0.369 e. The highest BCUT2D eigenvalue weighted by molar-refractivity contribution is 7.71. The van der Waals surface area contributed by atoms with Gasteiger partial charge in [-0.1, -0.05) is 11.6 Å². The Morgan fingerprint density at radius 1 is 1.00 bits per heavy atom. The number of anilines is 1. The van der Waals surface area contributed by atoms with Crippen molar-refractivity contribution < 1.29 is 0 Å². The molecule has 1 fully saturated rings. The minimum absolute atomic E-state index is 0.699. The summed E-state index contributed by atoms with van der Waals surface area (Å²) >= 11 is 11.6. The lowest BCUT2D eigenvalue weighted by Gasteiger charge is -2.35. The second-order valence-corrected chi connectivity index (χ2v) is 7.43. The van der Waals surface area contributed by atoms with Crippen LogP contribution in [0.2, 0.25) is 5.02 Å². The number of rotatable bonds is 4. The average molecular weight is 401 g/mol. The zero-order valence-corrected chi connectivity index (χ0v) is 16.7.